The lowest BCUT2D eigenvalue weighted by molar-refractivity contribution is 0.0307. The van der Waals surface area contributed by atoms with E-state index in [1.807, 2.05) is 30.3 Å². The van der Waals surface area contributed by atoms with Crippen LogP contribution < -0.4 is 4.72 Å². The van der Waals surface area contributed by atoms with Gasteiger partial charge in [-0.15, -0.1) is 16.8 Å². The van der Waals surface area contributed by atoms with Crippen LogP contribution in [-0.2, 0) is 10.0 Å². The average Bonchev–Trinajstić information content (AvgIpc) is 3.32. The van der Waals surface area contributed by atoms with Gasteiger partial charge in [0, 0.05) is 43.0 Å². The first-order valence-corrected chi connectivity index (χ1v) is 13.2. The van der Waals surface area contributed by atoms with Gasteiger partial charge in [0.2, 0.25) is 15.8 Å². The van der Waals surface area contributed by atoms with E-state index in [0.717, 1.165) is 42.6 Å². The third-order valence-electron chi connectivity index (χ3n) is 6.19. The quantitative estimate of drug-likeness (QED) is 0.477. The number of piperazine rings is 1. The minimum atomic E-state index is -3.38. The van der Waals surface area contributed by atoms with E-state index in [-0.39, 0.29) is 12.1 Å². The van der Waals surface area contributed by atoms with E-state index in [1.54, 1.807) is 6.07 Å². The molecule has 0 amide bonds. The molecule has 1 saturated heterocycles. The van der Waals surface area contributed by atoms with Crippen molar-refractivity contribution in [2.45, 2.75) is 32.0 Å². The molecule has 0 saturated carbocycles. The maximum atomic E-state index is 11.8. The lowest BCUT2D eigenvalue weighted by Crippen LogP contribution is -2.57. The summed E-state index contributed by atoms with van der Waals surface area (Å²) in [6, 6.07) is 16.4. The van der Waals surface area contributed by atoms with Crippen LogP contribution in [0, 0.1) is 0 Å². The van der Waals surface area contributed by atoms with Crippen molar-refractivity contribution in [2.24, 2.45) is 0 Å². The van der Waals surface area contributed by atoms with Gasteiger partial charge in [-0.25, -0.2) is 8.42 Å². The highest BCUT2D eigenvalue weighted by molar-refractivity contribution is 7.92. The Morgan fingerprint density at radius 1 is 1.15 bits per heavy atom. The SMILES string of the molecule is C=CCN1C[C@H](C)N([C@H](c2ccc(-c3nn[nH]n3)cc2)c2cccc(NS(C)(=O)=O)c2)C[C@H]1C. The number of rotatable bonds is 8. The molecule has 3 aromatic rings. The number of H-pyrrole nitrogens is 1. The maximum absolute atomic E-state index is 11.8. The third kappa shape index (κ3) is 5.52. The Hall–Kier alpha value is -3.08. The highest BCUT2D eigenvalue weighted by atomic mass is 32.2. The van der Waals surface area contributed by atoms with Crippen LogP contribution in [0.5, 0.6) is 0 Å². The smallest absolute Gasteiger partial charge is 0.229 e. The number of aromatic amines is 1. The van der Waals surface area contributed by atoms with Gasteiger partial charge in [0.05, 0.1) is 12.3 Å². The zero-order chi connectivity index (χ0) is 24.3. The molecule has 4 rings (SSSR count). The van der Waals surface area contributed by atoms with Crippen LogP contribution in [0.25, 0.3) is 11.4 Å². The van der Waals surface area contributed by atoms with E-state index in [0.29, 0.717) is 17.6 Å². The molecule has 3 atom stereocenters. The Bertz CT molecular complexity index is 1210. The number of hydrogen-bond acceptors (Lipinski definition) is 7. The second kappa shape index (κ2) is 10.0. The van der Waals surface area contributed by atoms with Crippen LogP contribution in [-0.4, -0.2) is 76.8 Å². The molecule has 0 aliphatic carbocycles. The van der Waals surface area contributed by atoms with E-state index in [4.69, 9.17) is 0 Å². The maximum Gasteiger partial charge on any atom is 0.229 e. The van der Waals surface area contributed by atoms with E-state index in [2.05, 4.69) is 73.8 Å². The van der Waals surface area contributed by atoms with Crippen molar-refractivity contribution >= 4 is 15.7 Å². The van der Waals surface area contributed by atoms with Crippen molar-refractivity contribution in [3.63, 3.8) is 0 Å². The lowest BCUT2D eigenvalue weighted by Gasteiger charge is -2.47. The third-order valence-corrected chi connectivity index (χ3v) is 6.80. The van der Waals surface area contributed by atoms with Crippen molar-refractivity contribution in [3.05, 3.63) is 72.3 Å². The standard InChI is InChI=1S/C24H31N7O2S/c1-5-13-30-15-18(3)31(16-17(30)2)23(21-7-6-8-22(14-21)27-34(4,32)33)19-9-11-20(12-10-19)24-25-28-29-26-24/h5-12,14,17-18,23,27H,1,13,15-16H2,2-4H3,(H,25,26,28,29)/t17-,18+,23-/m1/s1. The zero-order valence-corrected chi connectivity index (χ0v) is 20.5. The molecule has 34 heavy (non-hydrogen) atoms. The summed E-state index contributed by atoms with van der Waals surface area (Å²) in [5, 5.41) is 14.3. The number of anilines is 1. The highest BCUT2D eigenvalue weighted by Crippen LogP contribution is 2.35. The van der Waals surface area contributed by atoms with E-state index in [9.17, 15) is 8.42 Å². The van der Waals surface area contributed by atoms with Gasteiger partial charge in [0.1, 0.15) is 0 Å². The fraction of sp³-hybridized carbons (Fsp3) is 0.375. The van der Waals surface area contributed by atoms with Gasteiger partial charge < -0.3 is 0 Å². The van der Waals surface area contributed by atoms with E-state index in [1.165, 1.54) is 0 Å². The first-order chi connectivity index (χ1) is 16.2. The Morgan fingerprint density at radius 3 is 2.56 bits per heavy atom. The van der Waals surface area contributed by atoms with Gasteiger partial charge in [0.25, 0.3) is 0 Å². The molecular weight excluding hydrogens is 450 g/mol. The summed E-state index contributed by atoms with van der Waals surface area (Å²) in [6.45, 7) is 11.0. The van der Waals surface area contributed by atoms with Crippen molar-refractivity contribution in [1.82, 2.24) is 30.4 Å². The molecule has 2 heterocycles. The number of nitrogens with one attached hydrogen (secondary N) is 2. The normalized spacial score (nSPS) is 20.7. The first kappa shape index (κ1) is 24.1. The molecule has 2 N–H and O–H groups in total. The van der Waals surface area contributed by atoms with Crippen LogP contribution >= 0.6 is 0 Å². The monoisotopic (exact) mass is 481 g/mol. The predicted molar refractivity (Wildman–Crippen MR) is 134 cm³/mol. The Balaban J connectivity index is 1.73. The number of nitrogens with zero attached hydrogens (tertiary/aromatic N) is 5. The van der Waals surface area contributed by atoms with Gasteiger partial charge in [-0.2, -0.15) is 5.21 Å². The molecular formula is C24H31N7O2S. The molecule has 0 unspecified atom stereocenters. The molecule has 0 bridgehead atoms. The van der Waals surface area contributed by atoms with Gasteiger partial charge in [-0.1, -0.05) is 42.5 Å². The van der Waals surface area contributed by atoms with Gasteiger partial charge >= 0.3 is 0 Å². The summed E-state index contributed by atoms with van der Waals surface area (Å²) in [5.74, 6) is 0.544. The molecule has 0 radical (unpaired) electrons. The first-order valence-electron chi connectivity index (χ1n) is 11.3. The van der Waals surface area contributed by atoms with Gasteiger partial charge in [-0.05, 0) is 42.3 Å². The fourth-order valence-corrected chi connectivity index (χ4v) is 5.22. The van der Waals surface area contributed by atoms with Crippen LogP contribution in [0.1, 0.15) is 31.0 Å². The molecule has 1 fully saturated rings. The molecule has 10 heteroatoms. The molecule has 1 aliphatic rings. The van der Waals surface area contributed by atoms with Crippen molar-refractivity contribution in [1.29, 1.82) is 0 Å². The van der Waals surface area contributed by atoms with E-state index >= 15 is 0 Å². The van der Waals surface area contributed by atoms with Gasteiger partial charge in [0.15, 0.2) is 0 Å². The zero-order valence-electron chi connectivity index (χ0n) is 19.7. The van der Waals surface area contributed by atoms with Crippen molar-refractivity contribution in [3.8, 4) is 11.4 Å². The summed E-state index contributed by atoms with van der Waals surface area (Å²) in [5.41, 5.74) is 3.57. The summed E-state index contributed by atoms with van der Waals surface area (Å²) in [4.78, 5) is 4.93. The molecule has 2 aromatic carbocycles. The minimum Gasteiger partial charge on any atom is -0.294 e. The number of tetrazole rings is 1. The predicted octanol–water partition coefficient (Wildman–Crippen LogP) is 2.91. The fourth-order valence-electron chi connectivity index (χ4n) is 4.67. The summed E-state index contributed by atoms with van der Waals surface area (Å²) in [6.07, 6.45) is 3.11. The largest absolute Gasteiger partial charge is 0.294 e. The molecule has 1 aromatic heterocycles. The van der Waals surface area contributed by atoms with Crippen LogP contribution in [0.15, 0.2) is 61.2 Å². The summed E-state index contributed by atoms with van der Waals surface area (Å²) >= 11 is 0. The van der Waals surface area contributed by atoms with Crippen LogP contribution in [0.4, 0.5) is 5.69 Å². The number of aromatic nitrogens is 4. The summed E-state index contributed by atoms with van der Waals surface area (Å²) < 4.78 is 26.3. The molecule has 0 spiro atoms. The number of benzene rings is 2. The second-order valence-corrected chi connectivity index (χ2v) is 10.6. The molecule has 1 aliphatic heterocycles. The van der Waals surface area contributed by atoms with Crippen molar-refractivity contribution < 1.29 is 8.42 Å². The van der Waals surface area contributed by atoms with Crippen LogP contribution in [0.2, 0.25) is 0 Å². The Labute approximate surface area is 200 Å². The molecule has 9 nitrogen and oxygen atoms in total. The Morgan fingerprint density at radius 2 is 1.91 bits per heavy atom. The average molecular weight is 482 g/mol. The van der Waals surface area contributed by atoms with Gasteiger partial charge in [-0.3, -0.25) is 14.5 Å². The van der Waals surface area contributed by atoms with Crippen LogP contribution in [0.3, 0.4) is 0 Å². The lowest BCUT2D eigenvalue weighted by atomic mass is 9.92. The number of sulfonamides is 1. The van der Waals surface area contributed by atoms with Crippen molar-refractivity contribution in [2.75, 3.05) is 30.6 Å². The van der Waals surface area contributed by atoms with E-state index < -0.39 is 10.0 Å². The Kier molecular flexibility index (Phi) is 7.11. The minimum absolute atomic E-state index is 0.0519. The topological polar surface area (TPSA) is 107 Å². The summed E-state index contributed by atoms with van der Waals surface area (Å²) in [7, 11) is -3.38. The second-order valence-electron chi connectivity index (χ2n) is 8.90. The number of hydrogen-bond donors (Lipinski definition) is 2. The highest BCUT2D eigenvalue weighted by Gasteiger charge is 2.34. The molecule has 180 valence electrons.